The summed E-state index contributed by atoms with van der Waals surface area (Å²) >= 11 is 0. The van der Waals surface area contributed by atoms with Crippen LogP contribution in [0.1, 0.15) is 16.7 Å². The Morgan fingerprint density at radius 2 is 0.612 bits per heavy atom. The van der Waals surface area contributed by atoms with Crippen LogP contribution in [0.3, 0.4) is 0 Å². The molecular weight excluding hydrogens is 1250 g/mol. The minimum absolute atomic E-state index is 0.231. The zero-order valence-corrected chi connectivity index (χ0v) is 55.1. The fraction of sp³-hybridized carbons (Fsp3) is 0.0357. The van der Waals surface area contributed by atoms with Crippen molar-refractivity contribution in [3.05, 3.63) is 375 Å². The van der Waals surface area contributed by atoms with Gasteiger partial charge in [-0.05, 0) is 121 Å². The van der Waals surface area contributed by atoms with Crippen LogP contribution < -0.4 is 24.3 Å². The van der Waals surface area contributed by atoms with Crippen LogP contribution in [0.4, 0.5) is 73.9 Å². The van der Waals surface area contributed by atoms with Gasteiger partial charge in [-0.15, -0.1) is 0 Å². The number of hydrogen-bond donors (Lipinski definition) is 1. The van der Waals surface area contributed by atoms with E-state index in [0.29, 0.717) is 34.5 Å². The number of nitrogens with zero attached hydrogens (tertiary/aromatic N) is 7. The van der Waals surface area contributed by atoms with Gasteiger partial charge in [-0.25, -0.2) is 16.8 Å². The van der Waals surface area contributed by atoms with E-state index in [2.05, 4.69) is 214 Å². The van der Waals surface area contributed by atoms with Crippen LogP contribution in [0, 0.1) is 0 Å². The lowest BCUT2D eigenvalue weighted by Crippen LogP contribution is -2.33. The Morgan fingerprint density at radius 1 is 0.296 bits per heavy atom. The van der Waals surface area contributed by atoms with Gasteiger partial charge >= 0.3 is 0 Å². The summed E-state index contributed by atoms with van der Waals surface area (Å²) in [5, 5.41) is 0. The smallest absolute Gasteiger partial charge is 0.261 e. The summed E-state index contributed by atoms with van der Waals surface area (Å²) in [5.41, 5.74) is 16.0. The van der Waals surface area contributed by atoms with Gasteiger partial charge < -0.3 is 4.90 Å². The van der Waals surface area contributed by atoms with Crippen LogP contribution in [0.5, 0.6) is 0 Å². The van der Waals surface area contributed by atoms with Crippen LogP contribution >= 0.6 is 0 Å². The molecule has 0 amide bonds. The van der Waals surface area contributed by atoms with Gasteiger partial charge in [0, 0.05) is 64.8 Å². The second-order valence-electron chi connectivity index (χ2n) is 23.4. The van der Waals surface area contributed by atoms with Gasteiger partial charge in [-0.1, -0.05) is 200 Å². The largest absolute Gasteiger partial charge is 0.308 e. The van der Waals surface area contributed by atoms with E-state index in [4.69, 9.17) is 0 Å². The molecular formula is C84H69N8O4S2+3. The summed E-state index contributed by atoms with van der Waals surface area (Å²) in [4.78, 5) is 9.79. The van der Waals surface area contributed by atoms with Gasteiger partial charge in [-0.2, -0.15) is 13.7 Å². The van der Waals surface area contributed by atoms with Gasteiger partial charge in [0.1, 0.15) is 0 Å². The highest BCUT2D eigenvalue weighted by Gasteiger charge is 2.35. The van der Waals surface area contributed by atoms with Crippen molar-refractivity contribution < 1.29 is 30.6 Å². The lowest BCUT2D eigenvalue weighted by Gasteiger charge is -2.34. The molecule has 0 aliphatic carbocycles. The van der Waals surface area contributed by atoms with Crippen LogP contribution in [-0.4, -0.2) is 69.2 Å². The third kappa shape index (κ3) is 13.7. The van der Waals surface area contributed by atoms with Crippen molar-refractivity contribution >= 4 is 112 Å². The summed E-state index contributed by atoms with van der Waals surface area (Å²) in [6.07, 6.45) is 6.35. The molecule has 12 nitrogen and oxygen atoms in total. The third-order valence-electron chi connectivity index (χ3n) is 17.1. The lowest BCUT2D eigenvalue weighted by molar-refractivity contribution is -0.434. The molecule has 0 bridgehead atoms. The molecule has 13 aromatic rings. The highest BCUT2D eigenvalue weighted by atomic mass is 32.2. The second-order valence-corrected chi connectivity index (χ2v) is 27.0. The zero-order chi connectivity index (χ0) is 66.7. The average molecular weight is 1320 g/mol. The van der Waals surface area contributed by atoms with E-state index in [1.807, 2.05) is 134 Å². The third-order valence-corrected chi connectivity index (χ3v) is 20.3. The van der Waals surface area contributed by atoms with Crippen LogP contribution in [0.25, 0.3) is 0 Å². The lowest BCUT2D eigenvalue weighted by atomic mass is 10.1. The van der Waals surface area contributed by atoms with Crippen molar-refractivity contribution in [2.24, 2.45) is 0 Å². The summed E-state index contributed by atoms with van der Waals surface area (Å²) in [6, 6.07) is 117. The number of sulfonamides is 1. The van der Waals surface area contributed by atoms with Gasteiger partial charge in [0.05, 0.1) is 59.8 Å². The Hall–Kier alpha value is -12.2. The quantitative estimate of drug-likeness (QED) is 0.107. The molecule has 0 saturated carbocycles. The summed E-state index contributed by atoms with van der Waals surface area (Å²) in [5.74, 6) is 0. The fourth-order valence-electron chi connectivity index (χ4n) is 12.5. The van der Waals surface area contributed by atoms with Crippen molar-refractivity contribution in [1.29, 1.82) is 0 Å². The Morgan fingerprint density at radius 3 is 1.03 bits per heavy atom. The van der Waals surface area contributed by atoms with E-state index in [0.717, 1.165) is 69.0 Å². The molecule has 0 fully saturated rings. The van der Waals surface area contributed by atoms with E-state index < -0.39 is 19.9 Å². The number of rotatable bonds is 14. The van der Waals surface area contributed by atoms with Crippen LogP contribution in [-0.2, 0) is 19.9 Å². The predicted octanol–water partition coefficient (Wildman–Crippen LogP) is 18.8. The number of hydrogen-bond acceptors (Lipinski definition) is 8. The maximum Gasteiger partial charge on any atom is 0.261 e. The van der Waals surface area contributed by atoms with E-state index >= 15 is 0 Å². The summed E-state index contributed by atoms with van der Waals surface area (Å²) in [7, 11) is -7.41. The molecule has 0 spiro atoms. The first kappa shape index (κ1) is 63.2. The molecule has 3 heterocycles. The van der Waals surface area contributed by atoms with E-state index in [9.17, 15) is 16.8 Å². The number of fused-ring (bicyclic) bond motifs is 3. The molecule has 3 aliphatic heterocycles. The topological polar surface area (TPSA) is 102 Å². The van der Waals surface area contributed by atoms with Crippen molar-refractivity contribution in [1.82, 2.24) is 0 Å². The first-order valence-corrected chi connectivity index (χ1v) is 35.3. The van der Waals surface area contributed by atoms with Gasteiger partial charge in [-0.3, -0.25) is 19.4 Å². The van der Waals surface area contributed by atoms with Crippen molar-refractivity contribution in [2.45, 2.75) is 14.7 Å². The van der Waals surface area contributed by atoms with Crippen LogP contribution in [0.2, 0.25) is 0 Å². The molecule has 14 heteroatoms. The highest BCUT2D eigenvalue weighted by Crippen LogP contribution is 2.46. The first-order chi connectivity index (χ1) is 48.1. The molecule has 0 unspecified atom stereocenters. The normalized spacial score (nSPS) is 13.1. The standard InChI is InChI=1S/C32H26N3.C26H22N3O2S.C26H21N2O2S/c1-5-15-27(16-6-1)33-24-26-14-13-23-31(32(26)34(25-33)28-17-7-2-8-18-28)35(29-19-9-3-10-20-29)30-21-11-4-12-22-30;30-32(31,24-16-8-3-9-17-24)27-25-18-10-11-21-19-28(22-12-4-1-5-13-22)20-29(26(21)25)23-14-6-2-7-15-23;29-31(30,24-16-8-3-9-17-24)25-18-10-11-21-19-27(22-12-4-1-5-13-22)20-28(26(21)25)23-14-6-2-7-15-23/h1-24H,25H2;1-19,27H,20H2;1-19H,20H2/q3*+1. The number of nitrogens with one attached hydrogen (secondary N) is 1. The Balaban J connectivity index is 0.000000126. The molecule has 3 aliphatic rings. The zero-order valence-electron chi connectivity index (χ0n) is 53.5. The second kappa shape index (κ2) is 28.8. The monoisotopic (exact) mass is 1320 g/mol. The Bertz CT molecular complexity index is 5180. The number of para-hydroxylation sites is 11. The molecule has 0 saturated heterocycles. The maximum atomic E-state index is 13.6. The Kier molecular flexibility index (Phi) is 18.6. The van der Waals surface area contributed by atoms with Crippen LogP contribution in [0.15, 0.2) is 373 Å². The van der Waals surface area contributed by atoms with E-state index in [-0.39, 0.29) is 4.90 Å². The minimum Gasteiger partial charge on any atom is -0.308 e. The molecule has 13 aromatic carbocycles. The first-order valence-electron chi connectivity index (χ1n) is 32.3. The molecule has 0 radical (unpaired) electrons. The Labute approximate surface area is 573 Å². The van der Waals surface area contributed by atoms with Gasteiger partial charge in [0.15, 0.2) is 18.6 Å². The SMILES string of the molecule is C1=[N+](c2ccccc2)CN(c2ccccc2)c2c1cccc2N(c1ccccc1)c1ccccc1.O=S(=O)(Nc1cccc2c1N(c1ccccc1)C[N+](c1ccccc1)=C2)c1ccccc1.O=S(=O)(c1ccccc1)c1cccc2c1N(c1ccccc1)C[N+](c1ccccc1)=C2. The molecule has 0 atom stereocenters. The van der Waals surface area contributed by atoms with Crippen molar-refractivity contribution in [3.8, 4) is 0 Å². The number of anilines is 10. The molecule has 16 rings (SSSR count). The fourth-order valence-corrected chi connectivity index (χ4v) is 15.1. The molecule has 98 heavy (non-hydrogen) atoms. The van der Waals surface area contributed by atoms with E-state index in [1.165, 1.54) is 16.9 Å². The molecule has 0 aromatic heterocycles. The van der Waals surface area contributed by atoms with Gasteiger partial charge in [0.25, 0.3) is 10.0 Å². The summed E-state index contributed by atoms with van der Waals surface area (Å²) in [6.45, 7) is 1.77. The molecule has 1 N–H and O–H groups in total. The number of sulfone groups is 1. The van der Waals surface area contributed by atoms with Crippen molar-refractivity contribution in [3.63, 3.8) is 0 Å². The average Bonchev–Trinajstić information content (AvgIpc) is 0.772. The van der Waals surface area contributed by atoms with Crippen molar-refractivity contribution in [2.75, 3.05) is 44.3 Å². The number of benzene rings is 13. The van der Waals surface area contributed by atoms with E-state index in [1.54, 1.807) is 66.7 Å². The maximum absolute atomic E-state index is 13.6. The molecule has 478 valence electrons. The van der Waals surface area contributed by atoms with Gasteiger partial charge in [0.2, 0.25) is 46.9 Å². The highest BCUT2D eigenvalue weighted by molar-refractivity contribution is 7.92. The summed E-state index contributed by atoms with van der Waals surface area (Å²) < 4.78 is 62.7. The minimum atomic E-state index is -3.72. The predicted molar refractivity (Wildman–Crippen MR) is 398 cm³/mol.